The lowest BCUT2D eigenvalue weighted by molar-refractivity contribution is -0.139. The Labute approximate surface area is 236 Å². The maximum atomic E-state index is 13.4. The number of hydrogen-bond acceptors (Lipinski definition) is 9. The molecule has 0 bridgehead atoms. The summed E-state index contributed by atoms with van der Waals surface area (Å²) in [6.45, 7) is 3.80. The summed E-state index contributed by atoms with van der Waals surface area (Å²) >= 11 is 0. The Kier molecular flexibility index (Phi) is 8.10. The minimum Gasteiger partial charge on any atom is -0.478 e. The van der Waals surface area contributed by atoms with Crippen LogP contribution in [0.1, 0.15) is 33.0 Å². The third-order valence-corrected chi connectivity index (χ3v) is 6.62. The smallest absolute Gasteiger partial charge is 0.355 e. The summed E-state index contributed by atoms with van der Waals surface area (Å²) in [5, 5.41) is 23.6. The molecule has 10 nitrogen and oxygen atoms in total. The van der Waals surface area contributed by atoms with Gasteiger partial charge < -0.3 is 25.6 Å². The number of nitrogens with two attached hydrogens (primary N) is 1. The van der Waals surface area contributed by atoms with Crippen molar-refractivity contribution in [3.05, 3.63) is 112 Å². The first-order chi connectivity index (χ1) is 19.6. The van der Waals surface area contributed by atoms with E-state index in [9.17, 15) is 24.8 Å². The summed E-state index contributed by atoms with van der Waals surface area (Å²) in [5.74, 6) is -4.32. The molecule has 208 valence electrons. The lowest BCUT2D eigenvalue weighted by atomic mass is 9.81. The number of carboxylic acid groups (broad SMARTS) is 1. The third-order valence-electron chi connectivity index (χ3n) is 6.62. The van der Waals surface area contributed by atoms with Crippen LogP contribution in [0, 0.1) is 25.2 Å². The van der Waals surface area contributed by atoms with Crippen LogP contribution in [0.15, 0.2) is 89.4 Å². The fourth-order valence-electron chi connectivity index (χ4n) is 4.99. The number of benzene rings is 3. The van der Waals surface area contributed by atoms with Gasteiger partial charge in [0.25, 0.3) is 0 Å². The number of para-hydroxylation sites is 1. The second-order valence-corrected chi connectivity index (χ2v) is 9.34. The molecule has 0 amide bonds. The molecule has 1 unspecified atom stereocenters. The molecular formula is C31H28N4O6. The number of aryl methyl sites for hydroxylation is 2. The monoisotopic (exact) mass is 552 g/mol. The van der Waals surface area contributed by atoms with Crippen LogP contribution in [0.25, 0.3) is 0 Å². The van der Waals surface area contributed by atoms with Crippen molar-refractivity contribution in [1.82, 2.24) is 0 Å². The van der Waals surface area contributed by atoms with Gasteiger partial charge in [-0.05, 0) is 54.8 Å². The minimum absolute atomic E-state index is 0.0395. The average molecular weight is 553 g/mol. The maximum absolute atomic E-state index is 13.4. The Balaban J connectivity index is 2.10. The molecule has 0 radical (unpaired) electrons. The van der Waals surface area contributed by atoms with E-state index in [2.05, 4.69) is 11.4 Å². The zero-order chi connectivity index (χ0) is 29.8. The highest BCUT2D eigenvalue weighted by molar-refractivity contribution is 6.08. The summed E-state index contributed by atoms with van der Waals surface area (Å²) < 4.78 is 10.2. The van der Waals surface area contributed by atoms with Crippen LogP contribution in [-0.4, -0.2) is 37.2 Å². The van der Waals surface area contributed by atoms with Crippen molar-refractivity contribution in [2.45, 2.75) is 19.8 Å². The zero-order valence-corrected chi connectivity index (χ0v) is 22.9. The van der Waals surface area contributed by atoms with Crippen LogP contribution >= 0.6 is 0 Å². The molecule has 41 heavy (non-hydrogen) atoms. The number of allylic oxidation sites excluding steroid dienone is 1. The Morgan fingerprint density at radius 2 is 1.59 bits per heavy atom. The molecular weight excluding hydrogens is 524 g/mol. The van der Waals surface area contributed by atoms with E-state index in [1.807, 2.05) is 32.0 Å². The molecule has 10 heteroatoms. The van der Waals surface area contributed by atoms with Gasteiger partial charge in [0.1, 0.15) is 11.5 Å². The first kappa shape index (κ1) is 28.4. The molecule has 4 N–H and O–H groups in total. The van der Waals surface area contributed by atoms with Crippen LogP contribution in [0.3, 0.4) is 0 Å². The van der Waals surface area contributed by atoms with Crippen molar-refractivity contribution in [2.75, 3.05) is 24.4 Å². The second kappa shape index (κ2) is 11.7. The van der Waals surface area contributed by atoms with E-state index in [1.54, 1.807) is 30.3 Å². The van der Waals surface area contributed by atoms with Crippen LogP contribution in [0.5, 0.6) is 0 Å². The van der Waals surface area contributed by atoms with E-state index in [-0.39, 0.29) is 39.6 Å². The van der Waals surface area contributed by atoms with Gasteiger partial charge in [-0.1, -0.05) is 42.5 Å². The van der Waals surface area contributed by atoms with Crippen molar-refractivity contribution in [3.63, 3.8) is 0 Å². The van der Waals surface area contributed by atoms with Gasteiger partial charge in [-0.2, -0.15) is 5.26 Å². The number of nitrogens with one attached hydrogen (secondary N) is 1. The molecule has 1 atom stereocenters. The SMILES string of the molecule is COC(=O)C1=C(C(=O)OC)N(c2cccc(C(=O)O)c2Nc2cc(C)cc(C)c2)C(N)=C(C#N)C1c1ccccc1. The van der Waals surface area contributed by atoms with Crippen LogP contribution < -0.4 is 16.0 Å². The number of nitrogens with zero attached hydrogens (tertiary/aromatic N) is 2. The number of carbonyl (C=O) groups is 3. The summed E-state index contributed by atoms with van der Waals surface area (Å²) in [6.07, 6.45) is 0. The number of esters is 2. The van der Waals surface area contributed by atoms with Crippen LogP contribution in [0.4, 0.5) is 17.1 Å². The van der Waals surface area contributed by atoms with Gasteiger partial charge in [0.2, 0.25) is 0 Å². The standard InChI is InChI=1S/C31H28N4O6/c1-17-13-18(2)15-20(14-17)34-26-21(29(36)37)11-8-12-23(26)35-27(31(39)41-4)25(30(38)40-3)24(22(16-32)28(35)33)19-9-6-5-7-10-19/h5-15,24,34H,33H2,1-4H3,(H,36,37). The highest BCUT2D eigenvalue weighted by atomic mass is 16.5. The van der Waals surface area contributed by atoms with Gasteiger partial charge in [0, 0.05) is 5.69 Å². The van der Waals surface area contributed by atoms with E-state index in [4.69, 9.17) is 15.2 Å². The van der Waals surface area contributed by atoms with Crippen LogP contribution in [0.2, 0.25) is 0 Å². The molecule has 0 fully saturated rings. The Morgan fingerprint density at radius 3 is 2.15 bits per heavy atom. The van der Waals surface area contributed by atoms with E-state index in [0.29, 0.717) is 11.3 Å². The maximum Gasteiger partial charge on any atom is 0.355 e. The largest absolute Gasteiger partial charge is 0.478 e. The molecule has 0 aliphatic carbocycles. The number of rotatable bonds is 7. The highest BCUT2D eigenvalue weighted by Crippen LogP contribution is 2.46. The van der Waals surface area contributed by atoms with E-state index in [1.165, 1.54) is 23.1 Å². The number of aromatic carboxylic acids is 1. The number of anilines is 3. The number of carboxylic acids is 1. The van der Waals surface area contributed by atoms with Crippen molar-refractivity contribution in [1.29, 1.82) is 5.26 Å². The lowest BCUT2D eigenvalue weighted by Gasteiger charge is -2.37. The number of ether oxygens (including phenoxy) is 2. The molecule has 1 aliphatic rings. The van der Waals surface area contributed by atoms with Crippen molar-refractivity contribution in [2.24, 2.45) is 5.73 Å². The zero-order valence-electron chi connectivity index (χ0n) is 22.9. The molecule has 1 heterocycles. The number of carbonyl (C=O) groups excluding carboxylic acids is 2. The summed E-state index contributed by atoms with van der Waals surface area (Å²) in [5.41, 5.74) is 9.09. The van der Waals surface area contributed by atoms with Crippen molar-refractivity contribution in [3.8, 4) is 6.07 Å². The Hall–Kier alpha value is -5.56. The topological polar surface area (TPSA) is 155 Å². The van der Waals surface area contributed by atoms with Gasteiger partial charge in [0.15, 0.2) is 0 Å². The quantitative estimate of drug-likeness (QED) is 0.353. The molecule has 1 aliphatic heterocycles. The van der Waals surface area contributed by atoms with Gasteiger partial charge in [0.05, 0.1) is 54.3 Å². The fraction of sp³-hybridized carbons (Fsp3) is 0.161. The lowest BCUT2D eigenvalue weighted by Crippen LogP contribution is -2.41. The summed E-state index contributed by atoms with van der Waals surface area (Å²) in [6, 6.07) is 20.7. The van der Waals surface area contributed by atoms with Gasteiger partial charge >= 0.3 is 17.9 Å². The molecule has 3 aromatic carbocycles. The second-order valence-electron chi connectivity index (χ2n) is 9.34. The van der Waals surface area contributed by atoms with Gasteiger partial charge in [-0.3, -0.25) is 4.90 Å². The van der Waals surface area contributed by atoms with Gasteiger partial charge in [-0.15, -0.1) is 0 Å². The first-order valence-corrected chi connectivity index (χ1v) is 12.5. The Morgan fingerprint density at radius 1 is 0.951 bits per heavy atom. The van der Waals surface area contributed by atoms with Crippen molar-refractivity contribution >= 4 is 35.0 Å². The van der Waals surface area contributed by atoms with E-state index in [0.717, 1.165) is 25.3 Å². The molecule has 0 spiro atoms. The van der Waals surface area contributed by atoms with Gasteiger partial charge in [-0.25, -0.2) is 14.4 Å². The first-order valence-electron chi connectivity index (χ1n) is 12.5. The minimum atomic E-state index is -1.25. The molecule has 0 saturated carbocycles. The molecule has 0 saturated heterocycles. The Bertz CT molecular complexity index is 1630. The molecule has 4 rings (SSSR count). The average Bonchev–Trinajstić information content (AvgIpc) is 2.95. The van der Waals surface area contributed by atoms with Crippen molar-refractivity contribution < 1.29 is 29.0 Å². The number of methoxy groups -OCH3 is 2. The van der Waals surface area contributed by atoms with Crippen LogP contribution in [-0.2, 0) is 19.1 Å². The number of hydrogen-bond donors (Lipinski definition) is 3. The predicted molar refractivity (Wildman–Crippen MR) is 152 cm³/mol. The normalized spacial score (nSPS) is 14.8. The van der Waals surface area contributed by atoms with E-state index < -0.39 is 23.8 Å². The predicted octanol–water partition coefficient (Wildman–Crippen LogP) is 4.64. The van der Waals surface area contributed by atoms with E-state index >= 15 is 0 Å². The molecule has 3 aromatic rings. The fourth-order valence-corrected chi connectivity index (χ4v) is 4.99. The summed E-state index contributed by atoms with van der Waals surface area (Å²) in [7, 11) is 2.30. The third kappa shape index (κ3) is 5.33. The highest BCUT2D eigenvalue weighted by Gasteiger charge is 2.43. The summed E-state index contributed by atoms with van der Waals surface area (Å²) in [4.78, 5) is 40.4. The molecule has 0 aromatic heterocycles. The number of nitriles is 1.